The Bertz CT molecular complexity index is 3760. The van der Waals surface area contributed by atoms with Crippen molar-refractivity contribution in [3.63, 3.8) is 0 Å². The molecule has 109 heavy (non-hydrogen) atoms. The third-order valence-electron chi connectivity index (χ3n) is 18.8. The van der Waals surface area contributed by atoms with Gasteiger partial charge in [-0.25, -0.2) is 0 Å². The van der Waals surface area contributed by atoms with Gasteiger partial charge in [0.05, 0.1) is 87.4 Å². The number of aromatic nitrogens is 1. The van der Waals surface area contributed by atoms with E-state index >= 15 is 0 Å². The first-order chi connectivity index (χ1) is 53.2. The molecule has 594 valence electrons. The summed E-state index contributed by atoms with van der Waals surface area (Å²) >= 11 is 0. The number of nitrogens with one attached hydrogen (secondary N) is 2. The number of fused-ring (bicyclic) bond motifs is 1. The highest BCUT2D eigenvalue weighted by atomic mass is 16.5. The number of aromatic amines is 1. The topological polar surface area (TPSA) is 189 Å². The van der Waals surface area contributed by atoms with Crippen molar-refractivity contribution in [3.8, 4) is 40.2 Å². The number of methoxy groups -OCH3 is 3. The molecular formula is C88H123N7O14. The van der Waals surface area contributed by atoms with Gasteiger partial charge in [0.15, 0.2) is 23.1 Å². The van der Waals surface area contributed by atoms with Crippen molar-refractivity contribution in [2.24, 2.45) is 0 Å². The van der Waals surface area contributed by atoms with Gasteiger partial charge in [-0.15, -0.1) is 0 Å². The number of hydrogen-bond donors (Lipinski definition) is 2. The number of ketones is 2. The Balaban J connectivity index is 0.000000179. The van der Waals surface area contributed by atoms with E-state index in [-0.39, 0.29) is 11.6 Å². The molecule has 5 saturated heterocycles. The number of rotatable bonds is 27. The molecule has 0 aliphatic carbocycles. The third kappa shape index (κ3) is 34.1. The van der Waals surface area contributed by atoms with E-state index in [1.807, 2.05) is 117 Å². The van der Waals surface area contributed by atoms with Crippen molar-refractivity contribution in [1.29, 1.82) is 0 Å². The van der Waals surface area contributed by atoms with Crippen LogP contribution in [0.2, 0.25) is 0 Å². The van der Waals surface area contributed by atoms with Crippen molar-refractivity contribution in [1.82, 2.24) is 29.5 Å². The molecule has 21 nitrogen and oxygen atoms in total. The fourth-order valence-corrected chi connectivity index (χ4v) is 12.1. The number of carbonyl (C=O) groups is 2. The molecule has 5 aliphatic rings. The second-order valence-corrected chi connectivity index (χ2v) is 26.8. The second kappa shape index (κ2) is 51.7. The molecule has 0 amide bonds. The summed E-state index contributed by atoms with van der Waals surface area (Å²) in [7, 11) is 5.05. The molecule has 0 unspecified atom stereocenters. The van der Waals surface area contributed by atoms with Gasteiger partial charge in [-0.3, -0.25) is 34.1 Å². The van der Waals surface area contributed by atoms with Crippen LogP contribution < -0.4 is 38.5 Å². The zero-order valence-corrected chi connectivity index (χ0v) is 66.7. The number of ether oxygens (including phenoxy) is 12. The van der Waals surface area contributed by atoms with Crippen LogP contribution in [-0.4, -0.2) is 260 Å². The number of carbonyl (C=O) groups excluding carboxylic acids is 2. The number of hydrogen-bond acceptors (Lipinski definition) is 20. The van der Waals surface area contributed by atoms with E-state index in [2.05, 4.69) is 110 Å². The van der Waals surface area contributed by atoms with Crippen molar-refractivity contribution < 1.29 is 66.4 Å². The van der Waals surface area contributed by atoms with Crippen LogP contribution >= 0.6 is 0 Å². The summed E-state index contributed by atoms with van der Waals surface area (Å²) in [6.45, 7) is 41.0. The fraction of sp³-hybridized carbons (Fsp3) is 0.477. The molecule has 7 aromatic carbocycles. The summed E-state index contributed by atoms with van der Waals surface area (Å²) < 4.78 is 65.6. The third-order valence-corrected chi connectivity index (χ3v) is 18.8. The van der Waals surface area contributed by atoms with E-state index < -0.39 is 0 Å². The highest BCUT2D eigenvalue weighted by molar-refractivity contribution is 6.06. The Morgan fingerprint density at radius 2 is 0.853 bits per heavy atom. The van der Waals surface area contributed by atoms with Gasteiger partial charge >= 0.3 is 0 Å². The Labute approximate surface area is 649 Å². The standard InChI is InChI=1S/C15H23NO3.2C14H21NO3.C14H21NO2.C13H20N2O.C10H9NO.C8H8O/c1-3-13-4-5-14(12-15(13)17-2)19-11-8-16-6-9-18-10-7-16;1-12-3-4-13(11-14(12)16-2)18-10-7-15-5-8-17-9-6-15;1-12-3-4-13(14(11-12)16-2)18-10-7-15-5-8-17-9-6-15;1-2-13-3-5-14(6-4-13)17-12-9-15-7-10-16-11-8-15;1-12-2-4-13(5-3-12)14-6-7-15-8-10-16-11-9-15;1-7(12)9-6-11-10-5-3-2-4-8(9)10;1-7(9)8-5-3-2-4-6-8/h4-5,12H,3,6-11H2,1-2H3;2*3-4,11H,5-10H2,1-2H3;3-6H,2,7-12H2,1H3;2-5,14H,6-11H2,1H3;2-6,11H,1H3;2-6H,1H3. The molecular weight excluding hydrogens is 1380 g/mol. The second-order valence-electron chi connectivity index (χ2n) is 26.8. The number of para-hydroxylation sites is 1. The van der Waals surface area contributed by atoms with Crippen LogP contribution in [0.4, 0.5) is 5.69 Å². The highest BCUT2D eigenvalue weighted by Gasteiger charge is 2.16. The van der Waals surface area contributed by atoms with Gasteiger partial charge in [-0.1, -0.05) is 110 Å². The van der Waals surface area contributed by atoms with Crippen LogP contribution in [-0.2, 0) is 36.5 Å². The van der Waals surface area contributed by atoms with Gasteiger partial charge in [0.2, 0.25) is 0 Å². The number of aryl methyl sites for hydroxylation is 5. The monoisotopic (exact) mass is 1500 g/mol. The van der Waals surface area contributed by atoms with Crippen LogP contribution in [0.3, 0.4) is 0 Å². The first-order valence-corrected chi connectivity index (χ1v) is 38.7. The van der Waals surface area contributed by atoms with Crippen molar-refractivity contribution in [3.05, 3.63) is 203 Å². The van der Waals surface area contributed by atoms with Gasteiger partial charge in [-0.05, 0) is 124 Å². The number of anilines is 1. The molecule has 13 rings (SSSR count). The summed E-state index contributed by atoms with van der Waals surface area (Å²) in [5.74, 6) is 6.34. The molecule has 0 radical (unpaired) electrons. The van der Waals surface area contributed by atoms with Gasteiger partial charge in [-0.2, -0.15) is 0 Å². The Kier molecular flexibility index (Phi) is 41.6. The maximum Gasteiger partial charge on any atom is 0.161 e. The first kappa shape index (κ1) is 87.6. The number of benzene rings is 7. The SMILES string of the molecule is CC(=O)c1c[nH]c2ccccc12.CC(=O)c1ccccc1.CCc1ccc(OCCN2CCOCC2)cc1.CCc1ccc(OCCN2CCOCC2)cc1OC.COc1cc(C)ccc1OCCN1CCOCC1.COc1cc(OCCN2CCOCC2)ccc1C.Cc1ccc(NCCN2CCOCC2)cc1. The maximum atomic E-state index is 11.1. The quantitative estimate of drug-likeness (QED) is 0.0462. The van der Waals surface area contributed by atoms with E-state index in [1.165, 1.54) is 27.9 Å². The molecule has 0 atom stereocenters. The Morgan fingerprint density at radius 1 is 0.413 bits per heavy atom. The average molecular weight is 1500 g/mol. The van der Waals surface area contributed by atoms with Gasteiger partial charge < -0.3 is 67.1 Å². The largest absolute Gasteiger partial charge is 0.496 e. The summed E-state index contributed by atoms with van der Waals surface area (Å²) in [5, 5.41) is 4.44. The van der Waals surface area contributed by atoms with E-state index in [0.717, 1.165) is 258 Å². The number of H-pyrrole nitrogens is 1. The zero-order chi connectivity index (χ0) is 77.5. The predicted octanol–water partition coefficient (Wildman–Crippen LogP) is 13.4. The number of nitrogens with zero attached hydrogens (tertiary/aromatic N) is 5. The smallest absolute Gasteiger partial charge is 0.161 e. The lowest BCUT2D eigenvalue weighted by Crippen LogP contribution is -2.38. The minimum atomic E-state index is 0.104. The molecule has 0 bridgehead atoms. The van der Waals surface area contributed by atoms with Gasteiger partial charge in [0.25, 0.3) is 0 Å². The van der Waals surface area contributed by atoms with Crippen molar-refractivity contribution in [2.75, 3.05) is 224 Å². The molecule has 8 aromatic rings. The van der Waals surface area contributed by atoms with Gasteiger partial charge in [0, 0.05) is 151 Å². The number of Topliss-reactive ketones (excluding diaryl/α,β-unsaturated/α-hetero) is 2. The molecule has 1 aromatic heterocycles. The molecule has 6 heterocycles. The van der Waals surface area contributed by atoms with Crippen LogP contribution in [0.15, 0.2) is 164 Å². The number of morpholine rings is 5. The summed E-state index contributed by atoms with van der Waals surface area (Å²) in [6.07, 6.45) is 3.80. The first-order valence-electron chi connectivity index (χ1n) is 38.7. The average Bonchev–Trinajstić information content (AvgIpc) is 1.69. The van der Waals surface area contributed by atoms with E-state index in [1.54, 1.807) is 41.4 Å². The molecule has 0 spiro atoms. The van der Waals surface area contributed by atoms with E-state index in [0.29, 0.717) is 19.8 Å². The lowest BCUT2D eigenvalue weighted by Gasteiger charge is -2.26. The Hall–Kier alpha value is -8.58. The normalized spacial score (nSPS) is 15.4. The maximum absolute atomic E-state index is 11.1. The molecule has 0 saturated carbocycles. The predicted molar refractivity (Wildman–Crippen MR) is 436 cm³/mol. The molecule has 5 fully saturated rings. The lowest BCUT2D eigenvalue weighted by molar-refractivity contribution is 0.0320. The van der Waals surface area contributed by atoms with Crippen LogP contribution in [0, 0.1) is 20.8 Å². The van der Waals surface area contributed by atoms with Crippen LogP contribution in [0.5, 0.6) is 40.2 Å². The van der Waals surface area contributed by atoms with Gasteiger partial charge in [0.1, 0.15) is 55.2 Å². The van der Waals surface area contributed by atoms with Crippen molar-refractivity contribution >= 4 is 28.2 Å². The summed E-state index contributed by atoms with van der Waals surface area (Å²) in [4.78, 5) is 36.7. The highest BCUT2D eigenvalue weighted by Crippen LogP contribution is 2.29. The zero-order valence-electron chi connectivity index (χ0n) is 66.7. The summed E-state index contributed by atoms with van der Waals surface area (Å²) in [6, 6.07) is 51.9. The molecule has 2 N–H and O–H groups in total. The molecule has 5 aliphatic heterocycles. The summed E-state index contributed by atoms with van der Waals surface area (Å²) in [5.41, 5.74) is 9.93. The van der Waals surface area contributed by atoms with Crippen molar-refractivity contribution in [2.45, 2.75) is 61.3 Å². The minimum Gasteiger partial charge on any atom is -0.496 e. The van der Waals surface area contributed by atoms with E-state index in [4.69, 9.17) is 56.8 Å². The molecule has 21 heteroatoms. The Morgan fingerprint density at radius 3 is 1.32 bits per heavy atom. The van der Waals surface area contributed by atoms with E-state index in [9.17, 15) is 9.59 Å². The van der Waals surface area contributed by atoms with Crippen LogP contribution in [0.25, 0.3) is 10.9 Å². The fourth-order valence-electron chi connectivity index (χ4n) is 12.1. The minimum absolute atomic E-state index is 0.104. The lowest BCUT2D eigenvalue weighted by atomic mass is 10.1. The van der Waals surface area contributed by atoms with Crippen LogP contribution in [0.1, 0.15) is 76.2 Å².